The van der Waals surface area contributed by atoms with E-state index in [9.17, 15) is 13.2 Å². The molecule has 1 aromatic carbocycles. The number of thiazole rings is 1. The van der Waals surface area contributed by atoms with Crippen molar-refractivity contribution in [2.24, 2.45) is 0 Å². The average Bonchev–Trinajstić information content (AvgIpc) is 3.12. The van der Waals surface area contributed by atoms with Gasteiger partial charge in [-0.1, -0.05) is 23.7 Å². The predicted molar refractivity (Wildman–Crippen MR) is 101 cm³/mol. The summed E-state index contributed by atoms with van der Waals surface area (Å²) in [6.45, 7) is 0. The van der Waals surface area contributed by atoms with E-state index in [1.165, 1.54) is 23.1 Å². The molecular formula is C15H15ClN2O3S3. The molecule has 1 amide bonds. The highest BCUT2D eigenvalue weighted by Gasteiger charge is 2.28. The largest absolute Gasteiger partial charge is 0.301 e. The highest BCUT2D eigenvalue weighted by molar-refractivity contribution is 8.02. The molecule has 0 spiro atoms. The molecule has 1 atom stereocenters. The standard InChI is InChI=1S/C15H15ClN2O3S3/c16-11-3-1-10(2-4-11)13-7-23-15(17-13)18-14(19)8-22-12-5-6-24(20,21)9-12/h1-4,7,12H,5-6,8-9H2,(H,17,18,19)/t12-/m0/s1. The predicted octanol–water partition coefficient (Wildman–Crippen LogP) is 3.32. The van der Waals surface area contributed by atoms with Crippen LogP contribution in [-0.2, 0) is 14.6 Å². The second-order valence-electron chi connectivity index (χ2n) is 5.43. The molecule has 0 unspecified atom stereocenters. The topological polar surface area (TPSA) is 76.1 Å². The summed E-state index contributed by atoms with van der Waals surface area (Å²) in [6, 6.07) is 7.33. The van der Waals surface area contributed by atoms with E-state index in [1.54, 1.807) is 12.1 Å². The van der Waals surface area contributed by atoms with Gasteiger partial charge in [-0.2, -0.15) is 0 Å². The van der Waals surface area contributed by atoms with Gasteiger partial charge in [0.2, 0.25) is 5.91 Å². The zero-order valence-electron chi connectivity index (χ0n) is 12.6. The second kappa shape index (κ2) is 7.43. The number of rotatable bonds is 5. The number of nitrogens with one attached hydrogen (secondary N) is 1. The minimum atomic E-state index is -2.90. The first-order valence-corrected chi connectivity index (χ1v) is 11.4. The molecule has 1 aliphatic heterocycles. The fraction of sp³-hybridized carbons (Fsp3) is 0.333. The van der Waals surface area contributed by atoms with Gasteiger partial charge < -0.3 is 5.32 Å². The average molecular weight is 403 g/mol. The molecule has 1 fully saturated rings. The fourth-order valence-corrected chi connectivity index (χ4v) is 6.63. The van der Waals surface area contributed by atoms with Crippen molar-refractivity contribution in [3.05, 3.63) is 34.7 Å². The fourth-order valence-electron chi connectivity index (χ4n) is 2.33. The van der Waals surface area contributed by atoms with Gasteiger partial charge in [0.25, 0.3) is 0 Å². The third kappa shape index (κ3) is 4.72. The number of hydrogen-bond acceptors (Lipinski definition) is 6. The van der Waals surface area contributed by atoms with Crippen LogP contribution in [0.3, 0.4) is 0 Å². The molecular weight excluding hydrogens is 388 g/mol. The third-order valence-electron chi connectivity index (χ3n) is 3.53. The van der Waals surface area contributed by atoms with E-state index < -0.39 is 9.84 Å². The summed E-state index contributed by atoms with van der Waals surface area (Å²) >= 11 is 8.61. The van der Waals surface area contributed by atoms with Crippen LogP contribution in [-0.4, -0.2) is 41.8 Å². The molecule has 0 saturated carbocycles. The van der Waals surface area contributed by atoms with Crippen LogP contribution in [0, 0.1) is 0 Å². The summed E-state index contributed by atoms with van der Waals surface area (Å²) < 4.78 is 22.8. The summed E-state index contributed by atoms with van der Waals surface area (Å²) in [5.74, 6) is 0.462. The number of aromatic nitrogens is 1. The Bertz CT molecular complexity index is 834. The minimum Gasteiger partial charge on any atom is -0.301 e. The number of hydrogen-bond donors (Lipinski definition) is 1. The second-order valence-corrected chi connectivity index (χ2v) is 10.2. The van der Waals surface area contributed by atoms with E-state index in [4.69, 9.17) is 11.6 Å². The lowest BCUT2D eigenvalue weighted by Crippen LogP contribution is -2.17. The number of nitrogens with zero attached hydrogens (tertiary/aromatic N) is 1. The van der Waals surface area contributed by atoms with Gasteiger partial charge in [0.15, 0.2) is 15.0 Å². The monoisotopic (exact) mass is 402 g/mol. The highest BCUT2D eigenvalue weighted by Crippen LogP contribution is 2.27. The number of amides is 1. The number of carbonyl (C=O) groups excluding carboxylic acids is 1. The molecule has 1 saturated heterocycles. The van der Waals surface area contributed by atoms with Gasteiger partial charge in [-0.05, 0) is 18.6 Å². The van der Waals surface area contributed by atoms with Crippen LogP contribution in [0.5, 0.6) is 0 Å². The number of anilines is 1. The minimum absolute atomic E-state index is 0.0154. The molecule has 3 rings (SSSR count). The lowest BCUT2D eigenvalue weighted by molar-refractivity contribution is -0.113. The van der Waals surface area contributed by atoms with E-state index >= 15 is 0 Å². The molecule has 0 bridgehead atoms. The van der Waals surface area contributed by atoms with Gasteiger partial charge in [0, 0.05) is 21.2 Å². The molecule has 9 heteroatoms. The van der Waals surface area contributed by atoms with Crippen LogP contribution in [0.2, 0.25) is 5.02 Å². The Morgan fingerprint density at radius 2 is 2.12 bits per heavy atom. The quantitative estimate of drug-likeness (QED) is 0.830. The van der Waals surface area contributed by atoms with Crippen molar-refractivity contribution in [2.75, 3.05) is 22.6 Å². The molecule has 1 aliphatic rings. The van der Waals surface area contributed by atoms with Crippen molar-refractivity contribution in [3.8, 4) is 11.3 Å². The summed E-state index contributed by atoms with van der Waals surface area (Å²) in [4.78, 5) is 16.4. The lowest BCUT2D eigenvalue weighted by atomic mass is 10.2. The molecule has 2 aromatic rings. The molecule has 5 nitrogen and oxygen atoms in total. The molecule has 1 aromatic heterocycles. The van der Waals surface area contributed by atoms with Crippen molar-refractivity contribution >= 4 is 55.6 Å². The summed E-state index contributed by atoms with van der Waals surface area (Å²) in [6.07, 6.45) is 0.623. The van der Waals surface area contributed by atoms with E-state index in [-0.39, 0.29) is 28.4 Å². The molecule has 128 valence electrons. The van der Waals surface area contributed by atoms with Gasteiger partial charge >= 0.3 is 0 Å². The molecule has 0 radical (unpaired) electrons. The van der Waals surface area contributed by atoms with Crippen LogP contribution in [0.4, 0.5) is 5.13 Å². The Labute approximate surface area is 153 Å². The van der Waals surface area contributed by atoms with E-state index in [0.29, 0.717) is 16.6 Å². The number of thioether (sulfide) groups is 1. The normalized spacial score (nSPS) is 19.3. The maximum atomic E-state index is 12.0. The van der Waals surface area contributed by atoms with Crippen LogP contribution in [0.15, 0.2) is 29.6 Å². The van der Waals surface area contributed by atoms with Crippen LogP contribution in [0.25, 0.3) is 11.3 Å². The lowest BCUT2D eigenvalue weighted by Gasteiger charge is -2.06. The van der Waals surface area contributed by atoms with E-state index in [2.05, 4.69) is 10.3 Å². The maximum absolute atomic E-state index is 12.0. The first-order chi connectivity index (χ1) is 11.4. The van der Waals surface area contributed by atoms with Gasteiger partial charge in [-0.3, -0.25) is 4.79 Å². The number of carbonyl (C=O) groups is 1. The van der Waals surface area contributed by atoms with E-state index in [0.717, 1.165) is 11.3 Å². The van der Waals surface area contributed by atoms with E-state index in [1.807, 2.05) is 17.5 Å². The number of sulfone groups is 1. The van der Waals surface area contributed by atoms with Gasteiger partial charge in [-0.15, -0.1) is 23.1 Å². The number of benzene rings is 1. The van der Waals surface area contributed by atoms with Crippen molar-refractivity contribution in [3.63, 3.8) is 0 Å². The van der Waals surface area contributed by atoms with Crippen LogP contribution in [0.1, 0.15) is 6.42 Å². The summed E-state index contributed by atoms with van der Waals surface area (Å²) in [5.41, 5.74) is 1.71. The molecule has 1 N–H and O–H groups in total. The Balaban J connectivity index is 1.53. The van der Waals surface area contributed by atoms with Crippen LogP contribution >= 0.6 is 34.7 Å². The molecule has 24 heavy (non-hydrogen) atoms. The van der Waals surface area contributed by atoms with Crippen molar-refractivity contribution in [1.82, 2.24) is 4.98 Å². The smallest absolute Gasteiger partial charge is 0.236 e. The Morgan fingerprint density at radius 1 is 1.38 bits per heavy atom. The van der Waals surface area contributed by atoms with Crippen molar-refractivity contribution < 1.29 is 13.2 Å². The van der Waals surface area contributed by atoms with Crippen molar-refractivity contribution in [1.29, 1.82) is 0 Å². The maximum Gasteiger partial charge on any atom is 0.236 e. The van der Waals surface area contributed by atoms with Crippen molar-refractivity contribution in [2.45, 2.75) is 11.7 Å². The SMILES string of the molecule is O=C(CS[C@H]1CCS(=O)(=O)C1)Nc1nc(-c2ccc(Cl)cc2)cs1. The first-order valence-electron chi connectivity index (χ1n) is 7.25. The molecule has 2 heterocycles. The molecule has 0 aliphatic carbocycles. The van der Waals surface area contributed by atoms with Gasteiger partial charge in [0.1, 0.15) is 0 Å². The zero-order chi connectivity index (χ0) is 17.2. The third-order valence-corrected chi connectivity index (χ3v) is 7.82. The summed E-state index contributed by atoms with van der Waals surface area (Å²) in [5, 5.41) is 5.84. The zero-order valence-corrected chi connectivity index (χ0v) is 15.8. The Hall–Kier alpha value is -1.09. The van der Waals surface area contributed by atoms with Gasteiger partial charge in [0.05, 0.1) is 23.0 Å². The van der Waals surface area contributed by atoms with Gasteiger partial charge in [-0.25, -0.2) is 13.4 Å². The van der Waals surface area contributed by atoms with Crippen LogP contribution < -0.4 is 5.32 Å². The highest BCUT2D eigenvalue weighted by atomic mass is 35.5. The first kappa shape index (κ1) is 17.7. The Kier molecular flexibility index (Phi) is 5.49. The Morgan fingerprint density at radius 3 is 2.79 bits per heavy atom. The summed E-state index contributed by atoms with van der Waals surface area (Å²) in [7, 11) is -2.90. The number of halogens is 1.